The lowest BCUT2D eigenvalue weighted by atomic mass is 9.97. The number of nitrogens with zero attached hydrogens (tertiary/aromatic N) is 2. The van der Waals surface area contributed by atoms with Gasteiger partial charge in [0, 0.05) is 38.8 Å². The summed E-state index contributed by atoms with van der Waals surface area (Å²) in [5, 5.41) is 2.94. The van der Waals surface area contributed by atoms with E-state index in [1.807, 2.05) is 24.3 Å². The number of carbonyl (C=O) groups is 1. The van der Waals surface area contributed by atoms with Crippen LogP contribution in [-0.4, -0.2) is 56.2 Å². The molecule has 1 aromatic carbocycles. The monoisotopic (exact) mass is 395 g/mol. The van der Waals surface area contributed by atoms with Crippen molar-refractivity contribution in [3.8, 4) is 5.75 Å². The van der Waals surface area contributed by atoms with Crippen molar-refractivity contribution < 1.29 is 17.9 Å². The Morgan fingerprint density at radius 2 is 1.67 bits per heavy atom. The van der Waals surface area contributed by atoms with Gasteiger partial charge in [-0.2, -0.15) is 17.0 Å². The minimum Gasteiger partial charge on any atom is -0.490 e. The number of anilines is 1. The molecule has 1 aromatic rings. The van der Waals surface area contributed by atoms with Crippen LogP contribution in [-0.2, 0) is 15.0 Å². The predicted molar refractivity (Wildman–Crippen MR) is 105 cm³/mol. The summed E-state index contributed by atoms with van der Waals surface area (Å²) in [4.78, 5) is 12.5. The van der Waals surface area contributed by atoms with Crippen LogP contribution >= 0.6 is 0 Å². The Labute approximate surface area is 161 Å². The van der Waals surface area contributed by atoms with Gasteiger partial charge in [-0.3, -0.25) is 4.79 Å². The van der Waals surface area contributed by atoms with Gasteiger partial charge in [0.25, 0.3) is 10.2 Å². The van der Waals surface area contributed by atoms with Gasteiger partial charge in [-0.05, 0) is 62.8 Å². The SMILES string of the molecule is CN(C)S(=O)(=O)N1CCC(C(=O)Nc2ccc(OC3CCCC3)cc2)CC1. The van der Waals surface area contributed by atoms with Gasteiger partial charge in [0.15, 0.2) is 0 Å². The zero-order chi connectivity index (χ0) is 19.4. The Morgan fingerprint density at radius 1 is 1.07 bits per heavy atom. The highest BCUT2D eigenvalue weighted by Gasteiger charge is 2.32. The van der Waals surface area contributed by atoms with Gasteiger partial charge in [0.2, 0.25) is 5.91 Å². The van der Waals surface area contributed by atoms with Crippen LogP contribution in [0.25, 0.3) is 0 Å². The molecule has 1 aliphatic carbocycles. The number of ether oxygens (including phenoxy) is 1. The Kier molecular flexibility index (Phi) is 6.39. The summed E-state index contributed by atoms with van der Waals surface area (Å²) in [6.45, 7) is 0.736. The first kappa shape index (κ1) is 20.1. The van der Waals surface area contributed by atoms with Crippen LogP contribution in [0.15, 0.2) is 24.3 Å². The van der Waals surface area contributed by atoms with Gasteiger partial charge >= 0.3 is 0 Å². The number of piperidine rings is 1. The zero-order valence-corrected chi connectivity index (χ0v) is 16.9. The highest BCUT2D eigenvalue weighted by molar-refractivity contribution is 7.86. The molecule has 1 N–H and O–H groups in total. The highest BCUT2D eigenvalue weighted by atomic mass is 32.2. The average molecular weight is 396 g/mol. The molecule has 1 aliphatic heterocycles. The van der Waals surface area contributed by atoms with Gasteiger partial charge in [0.1, 0.15) is 5.75 Å². The number of nitrogens with one attached hydrogen (secondary N) is 1. The van der Waals surface area contributed by atoms with E-state index in [1.54, 1.807) is 0 Å². The number of benzene rings is 1. The summed E-state index contributed by atoms with van der Waals surface area (Å²) >= 11 is 0. The molecule has 1 saturated heterocycles. The molecule has 0 aromatic heterocycles. The van der Waals surface area contributed by atoms with Crippen molar-refractivity contribution in [2.45, 2.75) is 44.6 Å². The lowest BCUT2D eigenvalue weighted by Gasteiger charge is -2.32. The maximum Gasteiger partial charge on any atom is 0.281 e. The third kappa shape index (κ3) is 5.00. The van der Waals surface area contributed by atoms with Gasteiger partial charge in [-0.25, -0.2) is 0 Å². The molecule has 2 fully saturated rings. The van der Waals surface area contributed by atoms with Crippen LogP contribution in [0, 0.1) is 5.92 Å². The molecular formula is C19H29N3O4S. The maximum absolute atomic E-state index is 12.5. The van der Waals surface area contributed by atoms with Crippen molar-refractivity contribution in [3.05, 3.63) is 24.3 Å². The molecule has 27 heavy (non-hydrogen) atoms. The van der Waals surface area contributed by atoms with Crippen molar-refractivity contribution in [2.24, 2.45) is 5.92 Å². The minimum atomic E-state index is -3.40. The topological polar surface area (TPSA) is 79.0 Å². The van der Waals surface area contributed by atoms with Gasteiger partial charge < -0.3 is 10.1 Å². The van der Waals surface area contributed by atoms with E-state index in [4.69, 9.17) is 4.74 Å². The van der Waals surface area contributed by atoms with Crippen LogP contribution in [0.3, 0.4) is 0 Å². The molecular weight excluding hydrogens is 366 g/mol. The number of rotatable bonds is 6. The number of hydrogen-bond donors (Lipinski definition) is 1. The molecule has 8 heteroatoms. The van der Waals surface area contributed by atoms with E-state index < -0.39 is 10.2 Å². The van der Waals surface area contributed by atoms with E-state index in [-0.39, 0.29) is 11.8 Å². The van der Waals surface area contributed by atoms with E-state index in [2.05, 4.69) is 5.32 Å². The third-order valence-electron chi connectivity index (χ3n) is 5.34. The number of amides is 1. The Hall–Kier alpha value is -1.64. The van der Waals surface area contributed by atoms with E-state index in [9.17, 15) is 13.2 Å². The van der Waals surface area contributed by atoms with Crippen molar-refractivity contribution in [3.63, 3.8) is 0 Å². The van der Waals surface area contributed by atoms with Crippen molar-refractivity contribution in [1.29, 1.82) is 0 Å². The molecule has 0 atom stereocenters. The smallest absolute Gasteiger partial charge is 0.281 e. The van der Waals surface area contributed by atoms with Crippen molar-refractivity contribution in [1.82, 2.24) is 8.61 Å². The van der Waals surface area contributed by atoms with Crippen LogP contribution in [0.4, 0.5) is 5.69 Å². The summed E-state index contributed by atoms with van der Waals surface area (Å²) in [6.07, 6.45) is 6.06. The first-order chi connectivity index (χ1) is 12.9. The molecule has 3 rings (SSSR count). The normalized spacial score (nSPS) is 20.1. The highest BCUT2D eigenvalue weighted by Crippen LogP contribution is 2.26. The first-order valence-electron chi connectivity index (χ1n) is 9.61. The lowest BCUT2D eigenvalue weighted by Crippen LogP contribution is -2.46. The number of hydrogen-bond acceptors (Lipinski definition) is 4. The summed E-state index contributed by atoms with van der Waals surface area (Å²) in [6, 6.07) is 7.49. The van der Waals surface area contributed by atoms with Gasteiger partial charge in [-0.15, -0.1) is 0 Å². The summed E-state index contributed by atoms with van der Waals surface area (Å²) in [5.41, 5.74) is 0.738. The molecule has 0 radical (unpaired) electrons. The minimum absolute atomic E-state index is 0.0543. The fourth-order valence-corrected chi connectivity index (χ4v) is 4.77. The molecule has 0 bridgehead atoms. The van der Waals surface area contributed by atoms with E-state index >= 15 is 0 Å². The molecule has 150 valence electrons. The largest absolute Gasteiger partial charge is 0.490 e. The molecule has 1 amide bonds. The van der Waals surface area contributed by atoms with Crippen LogP contribution in [0.2, 0.25) is 0 Å². The van der Waals surface area contributed by atoms with E-state index in [1.165, 1.54) is 35.5 Å². The predicted octanol–water partition coefficient (Wildman–Crippen LogP) is 2.46. The van der Waals surface area contributed by atoms with Crippen molar-refractivity contribution >= 4 is 21.8 Å². The molecule has 1 heterocycles. The Balaban J connectivity index is 1.49. The average Bonchev–Trinajstić information content (AvgIpc) is 3.16. The number of carbonyl (C=O) groups excluding carboxylic acids is 1. The quantitative estimate of drug-likeness (QED) is 0.803. The molecule has 0 unspecified atom stereocenters. The second-order valence-corrected chi connectivity index (χ2v) is 9.64. The summed E-state index contributed by atoms with van der Waals surface area (Å²) in [7, 11) is -0.358. The second-order valence-electron chi connectivity index (χ2n) is 7.50. The van der Waals surface area contributed by atoms with Crippen molar-refractivity contribution in [2.75, 3.05) is 32.5 Å². The van der Waals surface area contributed by atoms with Crippen LogP contribution in [0.5, 0.6) is 5.75 Å². The Bertz CT molecular complexity index is 735. The maximum atomic E-state index is 12.5. The fraction of sp³-hybridized carbons (Fsp3) is 0.632. The van der Waals surface area contributed by atoms with E-state index in [0.717, 1.165) is 24.3 Å². The van der Waals surface area contributed by atoms with Gasteiger partial charge in [0.05, 0.1) is 6.10 Å². The standard InChI is InChI=1S/C19H29N3O4S/c1-21(2)27(24,25)22-13-11-15(12-14-22)19(23)20-16-7-9-18(10-8-16)26-17-5-3-4-6-17/h7-10,15,17H,3-6,11-14H2,1-2H3,(H,20,23). The third-order valence-corrected chi connectivity index (χ3v) is 7.28. The Morgan fingerprint density at radius 3 is 2.22 bits per heavy atom. The summed E-state index contributed by atoms with van der Waals surface area (Å²) in [5.74, 6) is 0.608. The van der Waals surface area contributed by atoms with E-state index in [0.29, 0.717) is 32.0 Å². The fourth-order valence-electron chi connectivity index (χ4n) is 3.64. The first-order valence-corrected chi connectivity index (χ1v) is 11.0. The molecule has 2 aliphatic rings. The molecule has 1 saturated carbocycles. The second kappa shape index (κ2) is 8.58. The van der Waals surface area contributed by atoms with Gasteiger partial charge in [-0.1, -0.05) is 0 Å². The lowest BCUT2D eigenvalue weighted by molar-refractivity contribution is -0.120. The van der Waals surface area contributed by atoms with Crippen LogP contribution < -0.4 is 10.1 Å². The summed E-state index contributed by atoms with van der Waals surface area (Å²) < 4.78 is 32.9. The van der Waals surface area contributed by atoms with Crippen LogP contribution in [0.1, 0.15) is 38.5 Å². The molecule has 7 nitrogen and oxygen atoms in total. The molecule has 0 spiro atoms. The zero-order valence-electron chi connectivity index (χ0n) is 16.1.